The first-order valence-corrected chi connectivity index (χ1v) is 8.48. The Morgan fingerprint density at radius 3 is 2.41 bits per heavy atom. The molecule has 1 N–H and O–H groups in total. The van der Waals surface area contributed by atoms with Crippen LogP contribution in [0.5, 0.6) is 0 Å². The fourth-order valence-corrected chi connectivity index (χ4v) is 2.66. The Morgan fingerprint density at radius 1 is 0.926 bits per heavy atom. The van der Waals surface area contributed by atoms with Gasteiger partial charge in [-0.15, -0.1) is 10.2 Å². The van der Waals surface area contributed by atoms with Gasteiger partial charge in [0.2, 0.25) is 11.8 Å². The van der Waals surface area contributed by atoms with E-state index in [-0.39, 0.29) is 5.91 Å². The Bertz CT molecular complexity index is 1080. The fourth-order valence-electron chi connectivity index (χ4n) is 2.47. The van der Waals surface area contributed by atoms with Crippen LogP contribution in [0.25, 0.3) is 22.9 Å². The highest BCUT2D eigenvalue weighted by Crippen LogP contribution is 2.26. The van der Waals surface area contributed by atoms with Crippen molar-refractivity contribution in [3.63, 3.8) is 0 Å². The average molecular weight is 377 g/mol. The molecule has 4 rings (SSSR count). The molecule has 0 unspecified atom stereocenters. The number of hydrogen-bond donors (Lipinski definition) is 1. The molecular weight excluding hydrogens is 364 g/mol. The molecule has 4 aromatic rings. The fraction of sp³-hybridized carbons (Fsp3) is 0. The van der Waals surface area contributed by atoms with Gasteiger partial charge in [-0.05, 0) is 54.6 Å². The number of benzene rings is 2. The van der Waals surface area contributed by atoms with Crippen molar-refractivity contribution in [2.75, 3.05) is 5.32 Å². The summed E-state index contributed by atoms with van der Waals surface area (Å²) in [5, 5.41) is 11.5. The highest BCUT2D eigenvalue weighted by Gasteiger charge is 2.11. The first kappa shape index (κ1) is 16.9. The van der Waals surface area contributed by atoms with Crippen LogP contribution < -0.4 is 5.32 Å². The van der Waals surface area contributed by atoms with Gasteiger partial charge in [0.15, 0.2) is 0 Å². The maximum atomic E-state index is 12.2. The number of anilines is 1. The molecule has 6 nitrogen and oxygen atoms in total. The van der Waals surface area contributed by atoms with E-state index in [9.17, 15) is 4.79 Å². The van der Waals surface area contributed by atoms with Gasteiger partial charge in [0.1, 0.15) is 0 Å². The third-order valence-corrected chi connectivity index (χ3v) is 4.05. The topological polar surface area (TPSA) is 80.9 Å². The molecule has 0 saturated heterocycles. The molecule has 0 spiro atoms. The zero-order chi connectivity index (χ0) is 18.6. The number of aromatic nitrogens is 3. The monoisotopic (exact) mass is 376 g/mol. The van der Waals surface area contributed by atoms with Crippen molar-refractivity contribution in [3.8, 4) is 22.9 Å². The van der Waals surface area contributed by atoms with E-state index in [1.165, 1.54) is 6.20 Å². The Morgan fingerprint density at radius 2 is 1.70 bits per heavy atom. The Hall–Kier alpha value is -3.51. The largest absolute Gasteiger partial charge is 0.416 e. The molecular formula is C20H13ClN4O2. The Labute approximate surface area is 159 Å². The highest BCUT2D eigenvalue weighted by molar-refractivity contribution is 6.30. The van der Waals surface area contributed by atoms with Crippen molar-refractivity contribution in [3.05, 3.63) is 83.6 Å². The van der Waals surface area contributed by atoms with Crippen LogP contribution >= 0.6 is 11.6 Å². The summed E-state index contributed by atoms with van der Waals surface area (Å²) in [6.45, 7) is 0. The summed E-state index contributed by atoms with van der Waals surface area (Å²) in [4.78, 5) is 16.1. The van der Waals surface area contributed by atoms with E-state index in [0.717, 1.165) is 11.1 Å². The van der Waals surface area contributed by atoms with Crippen LogP contribution in [0.4, 0.5) is 5.69 Å². The smallest absolute Gasteiger partial charge is 0.257 e. The molecule has 0 fully saturated rings. The summed E-state index contributed by atoms with van der Waals surface area (Å²) < 4.78 is 5.72. The number of hydrogen-bond acceptors (Lipinski definition) is 5. The minimum absolute atomic E-state index is 0.225. The lowest BCUT2D eigenvalue weighted by Gasteiger charge is -2.05. The summed E-state index contributed by atoms with van der Waals surface area (Å²) in [6.07, 6.45) is 3.13. The number of rotatable bonds is 4. The average Bonchev–Trinajstić information content (AvgIpc) is 3.19. The second-order valence-electron chi connectivity index (χ2n) is 5.70. The summed E-state index contributed by atoms with van der Waals surface area (Å²) in [6, 6.07) is 17.8. The first-order chi connectivity index (χ1) is 13.2. The molecule has 0 radical (unpaired) electrons. The normalized spacial score (nSPS) is 10.6. The zero-order valence-electron chi connectivity index (χ0n) is 14.0. The van der Waals surface area contributed by atoms with E-state index in [1.54, 1.807) is 54.7 Å². The Balaban J connectivity index is 1.50. The van der Waals surface area contributed by atoms with Gasteiger partial charge in [-0.25, -0.2) is 0 Å². The molecule has 7 heteroatoms. The molecule has 2 aromatic heterocycles. The SMILES string of the molecule is O=C(Nc1ccc(-c2nnc(-c3cccc(Cl)c3)o2)cc1)c1cccnc1. The summed E-state index contributed by atoms with van der Waals surface area (Å²) in [5.74, 6) is 0.549. The lowest BCUT2D eigenvalue weighted by molar-refractivity contribution is 0.102. The van der Waals surface area contributed by atoms with E-state index in [0.29, 0.717) is 28.1 Å². The van der Waals surface area contributed by atoms with Crippen molar-refractivity contribution in [1.29, 1.82) is 0 Å². The summed E-state index contributed by atoms with van der Waals surface area (Å²) >= 11 is 5.99. The number of carbonyl (C=O) groups excluding carboxylic acids is 1. The molecule has 0 bridgehead atoms. The summed E-state index contributed by atoms with van der Waals surface area (Å²) in [7, 11) is 0. The lowest BCUT2D eigenvalue weighted by atomic mass is 10.2. The second kappa shape index (κ2) is 7.39. The number of amides is 1. The quantitative estimate of drug-likeness (QED) is 0.558. The van der Waals surface area contributed by atoms with E-state index in [1.807, 2.05) is 12.1 Å². The van der Waals surface area contributed by atoms with Gasteiger partial charge in [-0.3, -0.25) is 9.78 Å². The van der Waals surface area contributed by atoms with Crippen LogP contribution in [-0.4, -0.2) is 21.1 Å². The van der Waals surface area contributed by atoms with E-state index >= 15 is 0 Å². The maximum absolute atomic E-state index is 12.2. The van der Waals surface area contributed by atoms with Crippen LogP contribution in [0, 0.1) is 0 Å². The zero-order valence-corrected chi connectivity index (χ0v) is 14.7. The molecule has 0 aliphatic carbocycles. The number of nitrogens with one attached hydrogen (secondary N) is 1. The minimum atomic E-state index is -0.225. The van der Waals surface area contributed by atoms with Gasteiger partial charge in [0, 0.05) is 34.2 Å². The molecule has 132 valence electrons. The molecule has 1 amide bonds. The number of pyridine rings is 1. The third-order valence-electron chi connectivity index (χ3n) is 3.81. The van der Waals surface area contributed by atoms with Gasteiger partial charge in [0.05, 0.1) is 5.56 Å². The molecule has 2 aromatic carbocycles. The lowest BCUT2D eigenvalue weighted by Crippen LogP contribution is -2.11. The van der Waals surface area contributed by atoms with Crippen LogP contribution in [0.3, 0.4) is 0 Å². The van der Waals surface area contributed by atoms with Crippen LogP contribution in [0.2, 0.25) is 5.02 Å². The summed E-state index contributed by atoms with van der Waals surface area (Å²) in [5.41, 5.74) is 2.64. The van der Waals surface area contributed by atoms with Crippen molar-refractivity contribution in [1.82, 2.24) is 15.2 Å². The van der Waals surface area contributed by atoms with Crippen molar-refractivity contribution < 1.29 is 9.21 Å². The number of halogens is 1. The molecule has 0 atom stereocenters. The minimum Gasteiger partial charge on any atom is -0.416 e. The maximum Gasteiger partial charge on any atom is 0.257 e. The molecule has 0 aliphatic heterocycles. The molecule has 27 heavy (non-hydrogen) atoms. The molecule has 0 saturated carbocycles. The predicted octanol–water partition coefficient (Wildman–Crippen LogP) is 4.70. The molecule has 2 heterocycles. The third kappa shape index (κ3) is 3.86. The van der Waals surface area contributed by atoms with Gasteiger partial charge in [0.25, 0.3) is 5.91 Å². The number of carbonyl (C=O) groups is 1. The van der Waals surface area contributed by atoms with Crippen LogP contribution in [-0.2, 0) is 0 Å². The van der Waals surface area contributed by atoms with Crippen LogP contribution in [0.1, 0.15) is 10.4 Å². The molecule has 0 aliphatic rings. The van der Waals surface area contributed by atoms with E-state index in [2.05, 4.69) is 20.5 Å². The first-order valence-electron chi connectivity index (χ1n) is 8.10. The van der Waals surface area contributed by atoms with Gasteiger partial charge in [-0.2, -0.15) is 0 Å². The Kier molecular flexibility index (Phi) is 4.63. The highest BCUT2D eigenvalue weighted by atomic mass is 35.5. The van der Waals surface area contributed by atoms with Crippen molar-refractivity contribution in [2.24, 2.45) is 0 Å². The van der Waals surface area contributed by atoms with Crippen molar-refractivity contribution in [2.45, 2.75) is 0 Å². The second-order valence-corrected chi connectivity index (χ2v) is 6.13. The van der Waals surface area contributed by atoms with Gasteiger partial charge in [-0.1, -0.05) is 17.7 Å². The standard InChI is InChI=1S/C20H13ClN4O2/c21-16-5-1-3-14(11-16)20-25-24-19(27-20)13-6-8-17(9-7-13)23-18(26)15-4-2-10-22-12-15/h1-12H,(H,23,26). The number of nitrogens with zero attached hydrogens (tertiary/aromatic N) is 3. The van der Waals surface area contributed by atoms with Gasteiger partial charge >= 0.3 is 0 Å². The van der Waals surface area contributed by atoms with E-state index in [4.69, 9.17) is 16.0 Å². The van der Waals surface area contributed by atoms with Crippen LogP contribution in [0.15, 0.2) is 77.5 Å². The predicted molar refractivity (Wildman–Crippen MR) is 102 cm³/mol. The van der Waals surface area contributed by atoms with E-state index < -0.39 is 0 Å². The van der Waals surface area contributed by atoms with Crippen molar-refractivity contribution >= 4 is 23.2 Å². The van der Waals surface area contributed by atoms with Gasteiger partial charge < -0.3 is 9.73 Å².